The van der Waals surface area contributed by atoms with Crippen LogP contribution in [-0.4, -0.2) is 11.0 Å². The van der Waals surface area contributed by atoms with Gasteiger partial charge in [-0.1, -0.05) is 0 Å². The fraction of sp³-hybridized carbons (Fsp3) is 0.429. The van der Waals surface area contributed by atoms with Gasteiger partial charge >= 0.3 is 83.2 Å². The second-order valence-electron chi connectivity index (χ2n) is 8.00. The molecule has 4 aliphatic carbocycles. The third-order valence-electron chi connectivity index (χ3n) is 3.49. The first-order valence-electron chi connectivity index (χ1n) is 11.0. The first-order valence-corrected chi connectivity index (χ1v) is 26.8. The predicted octanol–water partition coefficient (Wildman–Crippen LogP) is 2.36. The van der Waals surface area contributed by atoms with E-state index < -0.39 is 0 Å². The molecule has 34 heavy (non-hydrogen) atoms. The Hall–Kier alpha value is 0.674. The van der Waals surface area contributed by atoms with E-state index in [1.54, 1.807) is 0 Å². The topological polar surface area (TPSA) is 0 Å². The summed E-state index contributed by atoms with van der Waals surface area (Å²) in [7, 11) is 0. The van der Waals surface area contributed by atoms with Crippen LogP contribution in [0.5, 0.6) is 0 Å². The summed E-state index contributed by atoms with van der Waals surface area (Å²) in [6.07, 6.45) is 33.0. The molecule has 0 aromatic carbocycles. The van der Waals surface area contributed by atoms with E-state index >= 15 is 0 Å². The third kappa shape index (κ3) is 39.9. The van der Waals surface area contributed by atoms with Gasteiger partial charge in [0.1, 0.15) is 0 Å². The molecule has 0 spiro atoms. The molecule has 0 heterocycles. The summed E-state index contributed by atoms with van der Waals surface area (Å²) in [6, 6.07) is 0. The van der Waals surface area contributed by atoms with Crippen molar-refractivity contribution in [2.45, 2.75) is 79.6 Å². The number of halogens is 2. The summed E-state index contributed by atoms with van der Waals surface area (Å²) in [4.78, 5) is 0. The van der Waals surface area contributed by atoms with Gasteiger partial charge in [0, 0.05) is 0 Å². The average Bonchev–Trinajstić information content (AvgIpc) is 3.47. The standard InChI is InChI=1S/4C6H7.2C2H6Si.2ClH.2Hf/c4*1-6-4-2-3-5-6;2*1-3-2;;;;/h4*4-5H,2H2,1H3;2*1-2H3;2*1H;;/q4*-1;;;;;2*+2/p-2. The maximum Gasteiger partial charge on any atom is -1.00 e. The fourth-order valence-corrected chi connectivity index (χ4v) is 2.00. The van der Waals surface area contributed by atoms with Crippen molar-refractivity contribution in [3.05, 3.63) is 95.2 Å². The number of allylic oxidation sites excluding steroid dienone is 16. The Morgan fingerprint density at radius 1 is 0.500 bits per heavy atom. The van der Waals surface area contributed by atoms with Gasteiger partial charge in [0.05, 0.1) is 0 Å². The molecule has 0 unspecified atom stereocenters. The van der Waals surface area contributed by atoms with Gasteiger partial charge in [0.2, 0.25) is 0 Å². The minimum Gasteiger partial charge on any atom is -1.00 e. The summed E-state index contributed by atoms with van der Waals surface area (Å²) in [6.45, 7) is 17.7. The van der Waals surface area contributed by atoms with Crippen molar-refractivity contribution in [1.82, 2.24) is 0 Å². The summed E-state index contributed by atoms with van der Waals surface area (Å²) in [5, 5.41) is 0. The van der Waals surface area contributed by atoms with Crippen LogP contribution in [0.2, 0.25) is 26.2 Å². The second-order valence-corrected chi connectivity index (χ2v) is 33.6. The minimum absolute atomic E-state index is 0. The predicted molar refractivity (Wildman–Crippen MR) is 140 cm³/mol. The van der Waals surface area contributed by atoms with Crippen LogP contribution in [0.3, 0.4) is 0 Å². The van der Waals surface area contributed by atoms with Crippen molar-refractivity contribution in [3.63, 3.8) is 0 Å². The monoisotopic (exact) mass is 862 g/mol. The Labute approximate surface area is 254 Å². The smallest absolute Gasteiger partial charge is 1.00 e. The Kier molecular flexibility index (Phi) is 36.8. The molecule has 0 saturated heterocycles. The summed E-state index contributed by atoms with van der Waals surface area (Å²) in [5.41, 5.74) is 5.89. The fourth-order valence-electron chi connectivity index (χ4n) is 2.00. The zero-order valence-electron chi connectivity index (χ0n) is 22.2. The van der Waals surface area contributed by atoms with Crippen molar-refractivity contribution in [3.8, 4) is 0 Å². The molecule has 0 nitrogen and oxygen atoms in total. The van der Waals surface area contributed by atoms with Crippen LogP contribution in [0.15, 0.2) is 70.9 Å². The molecule has 0 amide bonds. The maximum absolute atomic E-state index is 3.05. The van der Waals surface area contributed by atoms with E-state index in [1.165, 1.54) is 68.3 Å². The van der Waals surface area contributed by atoms with Crippen molar-refractivity contribution in [2.24, 2.45) is 0 Å². The zero-order chi connectivity index (χ0) is 24.8. The molecular weight excluding hydrogens is 820 g/mol. The summed E-state index contributed by atoms with van der Waals surface area (Å²) in [5.74, 6) is 0. The van der Waals surface area contributed by atoms with Crippen molar-refractivity contribution in [2.75, 3.05) is 0 Å². The number of rotatable bonds is 0. The van der Waals surface area contributed by atoms with Crippen molar-refractivity contribution >= 4 is 11.0 Å². The van der Waals surface area contributed by atoms with Gasteiger partial charge in [-0.3, -0.25) is 24.3 Å². The molecule has 0 aromatic heterocycles. The minimum atomic E-state index is 0. The van der Waals surface area contributed by atoms with Crippen molar-refractivity contribution < 1.29 is 70.8 Å². The molecular formula is C28H40Cl2Hf2Si2-2. The maximum atomic E-state index is 3.05. The molecule has 4 rings (SSSR count). The van der Waals surface area contributed by atoms with Gasteiger partial charge in [-0.2, -0.15) is 24.3 Å². The van der Waals surface area contributed by atoms with Gasteiger partial charge in [-0.15, -0.1) is 53.4 Å². The molecule has 0 aliphatic heterocycles. The van der Waals surface area contributed by atoms with Gasteiger partial charge in [-0.05, 0) is 0 Å². The summed E-state index contributed by atoms with van der Waals surface area (Å²) < 4.78 is 0. The van der Waals surface area contributed by atoms with E-state index in [1.807, 2.05) is 24.3 Å². The van der Waals surface area contributed by atoms with E-state index in [2.05, 4.69) is 102 Å². The van der Waals surface area contributed by atoms with Gasteiger partial charge < -0.3 is 24.8 Å². The Bertz CT molecular complexity index is 669. The number of hydrogen-bond acceptors (Lipinski definition) is 0. The molecule has 0 atom stereocenters. The van der Waals surface area contributed by atoms with E-state index in [4.69, 9.17) is 0 Å². The van der Waals surface area contributed by atoms with Crippen LogP contribution in [0.25, 0.3) is 0 Å². The Morgan fingerprint density at radius 3 is 0.676 bits per heavy atom. The van der Waals surface area contributed by atoms with Crippen LogP contribution in [0.4, 0.5) is 0 Å². The van der Waals surface area contributed by atoms with Crippen LogP contribution in [0, 0.1) is 24.3 Å². The van der Waals surface area contributed by atoms with E-state index in [-0.39, 0.29) is 35.8 Å². The Balaban J connectivity index is -0.000000159. The molecule has 4 aliphatic rings. The largest absolute Gasteiger partial charge is 1.00 e. The first-order chi connectivity index (χ1) is 15.0. The first kappa shape index (κ1) is 41.8. The van der Waals surface area contributed by atoms with Gasteiger partial charge in [0.15, 0.2) is 0 Å². The van der Waals surface area contributed by atoms with Crippen LogP contribution >= 0.6 is 0 Å². The van der Waals surface area contributed by atoms with E-state index in [0.717, 1.165) is 25.7 Å². The summed E-state index contributed by atoms with van der Waals surface area (Å²) >= 11 is 2.90. The normalized spacial score (nSPS) is 14.7. The molecule has 0 saturated carbocycles. The van der Waals surface area contributed by atoms with Crippen LogP contribution in [0.1, 0.15) is 53.4 Å². The second kappa shape index (κ2) is 29.9. The quantitative estimate of drug-likeness (QED) is 0.260. The van der Waals surface area contributed by atoms with Crippen LogP contribution in [-0.2, 0) is 46.0 Å². The molecule has 0 radical (unpaired) electrons. The third-order valence-corrected chi connectivity index (χ3v) is 3.49. The van der Waals surface area contributed by atoms with Crippen molar-refractivity contribution in [1.29, 1.82) is 0 Å². The van der Waals surface area contributed by atoms with Gasteiger partial charge in [-0.25, -0.2) is 46.6 Å². The van der Waals surface area contributed by atoms with E-state index in [0.29, 0.717) is 0 Å². The molecule has 0 N–H and O–H groups in total. The number of hydrogen-bond donors (Lipinski definition) is 0. The molecule has 0 aromatic rings. The van der Waals surface area contributed by atoms with E-state index in [9.17, 15) is 0 Å². The Morgan fingerprint density at radius 2 is 0.647 bits per heavy atom. The SMILES string of the molecule is CC1=CC[C-]=C1.CC1=CC[C-]=C1.CC1=CC[C-]=C1.CC1=CC[C-]=C1.C[Si](C)=[Hf+2].C[Si](C)=[Hf+2].[Cl-].[Cl-]. The van der Waals surface area contributed by atoms with Gasteiger partial charge in [0.25, 0.3) is 0 Å². The molecule has 0 bridgehead atoms. The van der Waals surface area contributed by atoms with Crippen LogP contribution < -0.4 is 24.8 Å². The zero-order valence-corrected chi connectivity index (χ0v) is 32.9. The molecule has 6 heteroatoms. The molecule has 0 fully saturated rings. The average molecular weight is 861 g/mol. The molecule has 184 valence electrons.